The molecule has 0 aliphatic rings. The van der Waals surface area contributed by atoms with Gasteiger partial charge in [0.2, 0.25) is 0 Å². The smallest absolute Gasteiger partial charge is 0.272 e. The lowest BCUT2D eigenvalue weighted by atomic mass is 10.2. The average Bonchev–Trinajstić information content (AvgIpc) is 3.35. The van der Waals surface area contributed by atoms with Crippen molar-refractivity contribution in [1.82, 2.24) is 14.6 Å². The predicted molar refractivity (Wildman–Crippen MR) is 129 cm³/mol. The molecule has 4 aromatic rings. The molecular formula is C24H20BrClN4O. The maximum Gasteiger partial charge on any atom is 0.272 e. The highest BCUT2D eigenvalue weighted by atomic mass is 79.9. The number of halogens is 2. The number of amides is 1. The van der Waals surface area contributed by atoms with Crippen molar-refractivity contribution in [2.75, 3.05) is 0 Å². The molecule has 0 saturated carbocycles. The highest BCUT2D eigenvalue weighted by Crippen LogP contribution is 2.23. The lowest BCUT2D eigenvalue weighted by Gasteiger charge is -2.12. The van der Waals surface area contributed by atoms with E-state index >= 15 is 0 Å². The second-order valence-corrected chi connectivity index (χ2v) is 8.42. The summed E-state index contributed by atoms with van der Waals surface area (Å²) in [6.07, 6.45) is 3.55. The van der Waals surface area contributed by atoms with Crippen molar-refractivity contribution in [2.45, 2.75) is 13.8 Å². The summed E-state index contributed by atoms with van der Waals surface area (Å²) < 4.78 is 5.06. The number of nitrogens with one attached hydrogen (secondary N) is 1. The van der Waals surface area contributed by atoms with Crippen molar-refractivity contribution in [1.29, 1.82) is 0 Å². The van der Waals surface area contributed by atoms with Crippen LogP contribution in [0.1, 0.15) is 27.4 Å². The number of aromatic nitrogens is 2. The lowest BCUT2D eigenvalue weighted by Crippen LogP contribution is -2.19. The van der Waals surface area contributed by atoms with Crippen LogP contribution in [-0.4, -0.2) is 21.3 Å². The van der Waals surface area contributed by atoms with Gasteiger partial charge < -0.3 is 9.13 Å². The van der Waals surface area contributed by atoms with E-state index in [9.17, 15) is 4.79 Å². The number of aryl methyl sites for hydroxylation is 2. The first-order valence-corrected chi connectivity index (χ1v) is 10.8. The van der Waals surface area contributed by atoms with Crippen molar-refractivity contribution in [3.8, 4) is 11.4 Å². The normalized spacial score (nSPS) is 11.2. The van der Waals surface area contributed by atoms with Crippen LogP contribution in [0.4, 0.5) is 0 Å². The molecule has 2 aromatic carbocycles. The molecule has 0 spiro atoms. The van der Waals surface area contributed by atoms with E-state index in [-0.39, 0.29) is 5.91 Å². The van der Waals surface area contributed by atoms with Crippen LogP contribution in [0.25, 0.3) is 11.4 Å². The fourth-order valence-corrected chi connectivity index (χ4v) is 3.92. The number of hydrazone groups is 1. The van der Waals surface area contributed by atoms with Gasteiger partial charge in [-0.1, -0.05) is 27.5 Å². The third-order valence-corrected chi connectivity index (χ3v) is 5.83. The molecule has 5 nitrogen and oxygen atoms in total. The fourth-order valence-electron chi connectivity index (χ4n) is 3.46. The molecule has 0 bridgehead atoms. The first-order chi connectivity index (χ1) is 14.9. The molecule has 1 N–H and O–H groups in total. The number of benzene rings is 2. The topological polar surface area (TPSA) is 51.3 Å². The first-order valence-electron chi connectivity index (χ1n) is 9.65. The summed E-state index contributed by atoms with van der Waals surface area (Å²) in [4.78, 5) is 12.7. The Kier molecular flexibility index (Phi) is 6.11. The van der Waals surface area contributed by atoms with E-state index in [4.69, 9.17) is 11.6 Å². The molecule has 0 aliphatic heterocycles. The minimum Gasteiger partial charge on any atom is -0.318 e. The second-order valence-electron chi connectivity index (χ2n) is 7.09. The summed E-state index contributed by atoms with van der Waals surface area (Å²) in [6.45, 7) is 4.04. The standard InChI is InChI=1S/C24H20BrClN4O/c1-16-5-6-17(2)30(16)20-11-12-23(26)22(14-20)24(31)28-27-15-21-4-3-13-29(21)19-9-7-18(25)8-10-19/h3-15H,1-2H3,(H,28,31). The number of hydrogen-bond donors (Lipinski definition) is 1. The Morgan fingerprint density at radius 2 is 1.68 bits per heavy atom. The van der Waals surface area contributed by atoms with E-state index in [2.05, 4.69) is 31.0 Å². The summed E-state index contributed by atoms with van der Waals surface area (Å²) >= 11 is 9.74. The van der Waals surface area contributed by atoms with Gasteiger partial charge in [-0.2, -0.15) is 5.10 Å². The van der Waals surface area contributed by atoms with Gasteiger partial charge in [-0.3, -0.25) is 4.79 Å². The zero-order chi connectivity index (χ0) is 22.0. The number of carbonyl (C=O) groups excluding carboxylic acids is 1. The third kappa shape index (κ3) is 4.50. The summed E-state index contributed by atoms with van der Waals surface area (Å²) in [7, 11) is 0. The van der Waals surface area contributed by atoms with E-state index < -0.39 is 0 Å². The van der Waals surface area contributed by atoms with Crippen molar-refractivity contribution in [3.05, 3.63) is 105 Å². The lowest BCUT2D eigenvalue weighted by molar-refractivity contribution is 0.0955. The molecule has 0 radical (unpaired) electrons. The first kappa shape index (κ1) is 21.2. The largest absolute Gasteiger partial charge is 0.318 e. The van der Waals surface area contributed by atoms with Crippen LogP contribution in [0.5, 0.6) is 0 Å². The van der Waals surface area contributed by atoms with Gasteiger partial charge in [0.25, 0.3) is 5.91 Å². The second kappa shape index (κ2) is 8.96. The molecule has 7 heteroatoms. The zero-order valence-electron chi connectivity index (χ0n) is 17.0. The Labute approximate surface area is 194 Å². The van der Waals surface area contributed by atoms with E-state index in [0.717, 1.165) is 32.9 Å². The highest BCUT2D eigenvalue weighted by Gasteiger charge is 2.13. The molecule has 0 unspecified atom stereocenters. The SMILES string of the molecule is Cc1ccc(C)n1-c1ccc(Cl)c(C(=O)NN=Cc2cccn2-c2ccc(Br)cc2)c1. The maximum absolute atomic E-state index is 12.7. The maximum atomic E-state index is 12.7. The molecular weight excluding hydrogens is 476 g/mol. The van der Waals surface area contributed by atoms with Gasteiger partial charge in [0.15, 0.2) is 0 Å². The summed E-state index contributed by atoms with van der Waals surface area (Å²) in [5.74, 6) is -0.368. The van der Waals surface area contributed by atoms with Crippen LogP contribution < -0.4 is 5.43 Å². The van der Waals surface area contributed by atoms with Crippen LogP contribution in [0.15, 0.2) is 82.5 Å². The molecule has 0 atom stereocenters. The van der Waals surface area contributed by atoms with Gasteiger partial charge >= 0.3 is 0 Å². The monoisotopic (exact) mass is 494 g/mol. The molecule has 0 aliphatic carbocycles. The van der Waals surface area contributed by atoms with Gasteiger partial charge in [0.1, 0.15) is 0 Å². The molecule has 156 valence electrons. The van der Waals surface area contributed by atoms with E-state index in [1.54, 1.807) is 18.3 Å². The van der Waals surface area contributed by atoms with Crippen LogP contribution in [0, 0.1) is 13.8 Å². The predicted octanol–water partition coefficient (Wildman–Crippen LogP) is 6.06. The molecule has 31 heavy (non-hydrogen) atoms. The molecule has 0 saturated heterocycles. The summed E-state index contributed by atoms with van der Waals surface area (Å²) in [5, 5.41) is 4.51. The van der Waals surface area contributed by atoms with Crippen molar-refractivity contribution < 1.29 is 4.79 Å². The summed E-state index contributed by atoms with van der Waals surface area (Å²) in [5.41, 5.74) is 7.82. The Morgan fingerprint density at radius 1 is 1.00 bits per heavy atom. The van der Waals surface area contributed by atoms with E-state index in [0.29, 0.717) is 10.6 Å². The van der Waals surface area contributed by atoms with Gasteiger partial charge in [-0.25, -0.2) is 5.43 Å². The quantitative estimate of drug-likeness (QED) is 0.265. The van der Waals surface area contributed by atoms with E-state index in [1.807, 2.05) is 79.2 Å². The van der Waals surface area contributed by atoms with Gasteiger partial charge in [0, 0.05) is 33.4 Å². The van der Waals surface area contributed by atoms with Gasteiger partial charge in [-0.05, 0) is 80.6 Å². The minimum atomic E-state index is -0.368. The fraction of sp³-hybridized carbons (Fsp3) is 0.0833. The van der Waals surface area contributed by atoms with Crippen molar-refractivity contribution in [3.63, 3.8) is 0 Å². The van der Waals surface area contributed by atoms with E-state index in [1.165, 1.54) is 0 Å². The number of nitrogens with zero attached hydrogens (tertiary/aromatic N) is 3. The molecule has 1 amide bonds. The molecule has 2 heterocycles. The summed E-state index contributed by atoms with van der Waals surface area (Å²) in [6, 6.07) is 21.3. The average molecular weight is 496 g/mol. The highest BCUT2D eigenvalue weighted by molar-refractivity contribution is 9.10. The van der Waals surface area contributed by atoms with Crippen LogP contribution in [0.2, 0.25) is 5.02 Å². The molecule has 2 aromatic heterocycles. The van der Waals surface area contributed by atoms with Crippen LogP contribution in [-0.2, 0) is 0 Å². The van der Waals surface area contributed by atoms with Crippen molar-refractivity contribution in [2.24, 2.45) is 5.10 Å². The van der Waals surface area contributed by atoms with Crippen LogP contribution >= 0.6 is 27.5 Å². The number of rotatable bonds is 5. The Morgan fingerprint density at radius 3 is 2.39 bits per heavy atom. The van der Waals surface area contributed by atoms with Crippen molar-refractivity contribution >= 4 is 39.7 Å². The number of carbonyl (C=O) groups is 1. The molecule has 4 rings (SSSR count). The van der Waals surface area contributed by atoms with Gasteiger partial charge in [0.05, 0.1) is 22.5 Å². The zero-order valence-corrected chi connectivity index (χ0v) is 19.4. The molecule has 0 fully saturated rings. The minimum absolute atomic E-state index is 0.368. The van der Waals surface area contributed by atoms with Crippen LogP contribution in [0.3, 0.4) is 0 Å². The Bertz CT molecular complexity index is 1250. The third-order valence-electron chi connectivity index (χ3n) is 4.97. The number of hydrogen-bond acceptors (Lipinski definition) is 2. The Balaban J connectivity index is 1.54. The van der Waals surface area contributed by atoms with Gasteiger partial charge in [-0.15, -0.1) is 0 Å². The Hall–Kier alpha value is -3.09.